The Balaban J connectivity index is 1.56. The molecule has 9 nitrogen and oxygen atoms in total. The molecule has 1 aliphatic heterocycles. The number of nitrogens with zero attached hydrogens (tertiary/aromatic N) is 5. The molecule has 0 radical (unpaired) electrons. The van der Waals surface area contributed by atoms with Crippen LogP contribution in [0.3, 0.4) is 0 Å². The Hall–Kier alpha value is -2.82. The van der Waals surface area contributed by atoms with E-state index in [0.29, 0.717) is 43.1 Å². The van der Waals surface area contributed by atoms with Crippen LogP contribution in [0.1, 0.15) is 35.5 Å². The Morgan fingerprint density at radius 1 is 1.09 bits per heavy atom. The number of ketones is 1. The maximum absolute atomic E-state index is 12.9. The van der Waals surface area contributed by atoms with Crippen LogP contribution in [0.5, 0.6) is 0 Å². The molecule has 0 aliphatic carbocycles. The van der Waals surface area contributed by atoms with Crippen molar-refractivity contribution < 1.29 is 18.3 Å². The molecular formula is C22H27N5O4S. The van der Waals surface area contributed by atoms with Gasteiger partial charge in [0.15, 0.2) is 11.4 Å². The number of anilines is 1. The normalized spacial score (nSPS) is 15.9. The van der Waals surface area contributed by atoms with Crippen molar-refractivity contribution in [2.24, 2.45) is 0 Å². The third-order valence-corrected chi connectivity index (χ3v) is 6.98. The molecule has 3 aromatic rings. The Bertz CT molecular complexity index is 1240. The van der Waals surface area contributed by atoms with Crippen molar-refractivity contribution in [3.63, 3.8) is 0 Å². The monoisotopic (exact) mass is 457 g/mol. The predicted octanol–water partition coefficient (Wildman–Crippen LogP) is 1.46. The maximum atomic E-state index is 12.9. The van der Waals surface area contributed by atoms with Gasteiger partial charge in [0.25, 0.3) is 0 Å². The molecule has 3 heterocycles. The smallest absolute Gasteiger partial charge is 0.211 e. The molecule has 0 atom stereocenters. The summed E-state index contributed by atoms with van der Waals surface area (Å²) in [5.74, 6) is 0.713. The van der Waals surface area contributed by atoms with Crippen LogP contribution in [0.4, 0.5) is 5.82 Å². The van der Waals surface area contributed by atoms with Crippen LogP contribution < -0.4 is 4.90 Å². The van der Waals surface area contributed by atoms with Crippen LogP contribution in [-0.2, 0) is 22.0 Å². The fourth-order valence-corrected chi connectivity index (χ4v) is 4.67. The molecule has 1 aliphatic rings. The fourth-order valence-electron chi connectivity index (χ4n) is 3.84. The maximum Gasteiger partial charge on any atom is 0.211 e. The summed E-state index contributed by atoms with van der Waals surface area (Å²) >= 11 is 0. The van der Waals surface area contributed by atoms with Gasteiger partial charge in [-0.3, -0.25) is 4.79 Å². The lowest BCUT2D eigenvalue weighted by Gasteiger charge is -2.34. The lowest BCUT2D eigenvalue weighted by Crippen LogP contribution is -2.48. The number of piperazine rings is 1. The van der Waals surface area contributed by atoms with E-state index in [-0.39, 0.29) is 12.2 Å². The Labute approximate surface area is 187 Å². The van der Waals surface area contributed by atoms with Crippen molar-refractivity contribution in [2.45, 2.75) is 25.9 Å². The summed E-state index contributed by atoms with van der Waals surface area (Å²) in [5.41, 5.74) is 1.58. The molecule has 0 unspecified atom stereocenters. The first-order chi connectivity index (χ1) is 15.0. The van der Waals surface area contributed by atoms with Crippen LogP contribution in [0.15, 0.2) is 42.6 Å². The van der Waals surface area contributed by atoms with Gasteiger partial charge in [-0.1, -0.05) is 24.3 Å². The zero-order valence-electron chi connectivity index (χ0n) is 18.4. The number of rotatable bonds is 6. The number of benzene rings is 1. The van der Waals surface area contributed by atoms with Gasteiger partial charge in [0, 0.05) is 43.9 Å². The molecular weight excluding hydrogens is 430 g/mol. The van der Waals surface area contributed by atoms with E-state index in [2.05, 4.69) is 15.0 Å². The summed E-state index contributed by atoms with van der Waals surface area (Å²) in [7, 11) is -3.22. The molecule has 4 rings (SSSR count). The van der Waals surface area contributed by atoms with Crippen LogP contribution in [0.2, 0.25) is 0 Å². The first-order valence-electron chi connectivity index (χ1n) is 10.4. The van der Waals surface area contributed by atoms with Gasteiger partial charge >= 0.3 is 0 Å². The van der Waals surface area contributed by atoms with E-state index in [1.165, 1.54) is 10.6 Å². The fraction of sp³-hybridized carbons (Fsp3) is 0.409. The number of hydrogen-bond acceptors (Lipinski definition) is 7. The Morgan fingerprint density at radius 3 is 2.34 bits per heavy atom. The average Bonchev–Trinajstić information content (AvgIpc) is 3.21. The van der Waals surface area contributed by atoms with E-state index in [1.54, 1.807) is 54.9 Å². The van der Waals surface area contributed by atoms with E-state index < -0.39 is 15.6 Å². The quantitative estimate of drug-likeness (QED) is 0.558. The van der Waals surface area contributed by atoms with Gasteiger partial charge in [0.05, 0.1) is 30.2 Å². The summed E-state index contributed by atoms with van der Waals surface area (Å²) < 4.78 is 26.8. The standard InChI is InChI=1S/C22H27N5O4S/c1-22(2,29)17-6-4-16(5-7-17)19(28)14-18-15-21(27-20(24-18)8-9-23-27)25-10-12-26(13-11-25)32(3,30)31/h4-9,15,29H,10-14H2,1-3H3. The van der Waals surface area contributed by atoms with Crippen molar-refractivity contribution in [3.05, 3.63) is 59.4 Å². The zero-order valence-corrected chi connectivity index (χ0v) is 19.2. The molecule has 0 amide bonds. The largest absolute Gasteiger partial charge is 0.386 e. The second-order valence-corrected chi connectivity index (χ2v) is 10.6. The molecule has 1 N–H and O–H groups in total. The van der Waals surface area contributed by atoms with E-state index in [4.69, 9.17) is 0 Å². The molecule has 2 aromatic heterocycles. The molecule has 0 bridgehead atoms. The number of carbonyl (C=O) groups excluding carboxylic acids is 1. The van der Waals surface area contributed by atoms with E-state index in [0.717, 1.165) is 11.4 Å². The minimum Gasteiger partial charge on any atom is -0.386 e. The minimum atomic E-state index is -3.22. The highest BCUT2D eigenvalue weighted by Crippen LogP contribution is 2.22. The second-order valence-electron chi connectivity index (χ2n) is 8.59. The highest BCUT2D eigenvalue weighted by molar-refractivity contribution is 7.88. The molecule has 1 aromatic carbocycles. The van der Waals surface area contributed by atoms with Crippen LogP contribution in [-0.4, -0.2) is 70.6 Å². The second kappa shape index (κ2) is 8.27. The highest BCUT2D eigenvalue weighted by atomic mass is 32.2. The number of aromatic nitrogens is 3. The SMILES string of the molecule is CC(C)(O)c1ccc(C(=O)Cc2cc(N3CCN(S(C)(=O)=O)CC3)n3nccc3n2)cc1. The van der Waals surface area contributed by atoms with Gasteiger partial charge in [0.2, 0.25) is 10.0 Å². The van der Waals surface area contributed by atoms with E-state index in [9.17, 15) is 18.3 Å². The average molecular weight is 458 g/mol. The Morgan fingerprint density at radius 2 is 1.75 bits per heavy atom. The van der Waals surface area contributed by atoms with Gasteiger partial charge in [-0.25, -0.2) is 13.4 Å². The lowest BCUT2D eigenvalue weighted by molar-refractivity contribution is 0.0784. The summed E-state index contributed by atoms with van der Waals surface area (Å²) in [6.07, 6.45) is 3.00. The van der Waals surface area contributed by atoms with Crippen LogP contribution >= 0.6 is 0 Å². The van der Waals surface area contributed by atoms with E-state index >= 15 is 0 Å². The summed E-state index contributed by atoms with van der Waals surface area (Å²) in [4.78, 5) is 19.5. The molecule has 170 valence electrons. The van der Waals surface area contributed by atoms with Crippen molar-refractivity contribution in [1.29, 1.82) is 0 Å². The number of sulfonamides is 1. The van der Waals surface area contributed by atoms with Crippen molar-refractivity contribution in [2.75, 3.05) is 37.3 Å². The third kappa shape index (κ3) is 4.67. The Kier molecular flexibility index (Phi) is 5.78. The molecule has 10 heteroatoms. The first kappa shape index (κ1) is 22.4. The molecule has 32 heavy (non-hydrogen) atoms. The molecule has 0 spiro atoms. The summed E-state index contributed by atoms with van der Waals surface area (Å²) in [6, 6.07) is 10.6. The van der Waals surface area contributed by atoms with Crippen LogP contribution in [0.25, 0.3) is 5.65 Å². The topological polar surface area (TPSA) is 108 Å². The number of fused-ring (bicyclic) bond motifs is 1. The van der Waals surface area contributed by atoms with Crippen molar-refractivity contribution in [1.82, 2.24) is 18.9 Å². The number of carbonyl (C=O) groups is 1. The summed E-state index contributed by atoms with van der Waals surface area (Å²) in [6.45, 7) is 5.24. The highest BCUT2D eigenvalue weighted by Gasteiger charge is 2.25. The zero-order chi connectivity index (χ0) is 23.1. The minimum absolute atomic E-state index is 0.0727. The van der Waals surface area contributed by atoms with Gasteiger partial charge in [-0.2, -0.15) is 13.9 Å². The number of hydrogen-bond donors (Lipinski definition) is 1. The van der Waals surface area contributed by atoms with Gasteiger partial charge in [0.1, 0.15) is 5.82 Å². The first-order valence-corrected chi connectivity index (χ1v) is 12.3. The predicted molar refractivity (Wildman–Crippen MR) is 121 cm³/mol. The molecule has 1 fully saturated rings. The number of Topliss-reactive ketones (excluding diaryl/α,β-unsaturated/α-hetero) is 1. The molecule has 0 saturated carbocycles. The van der Waals surface area contributed by atoms with Crippen molar-refractivity contribution >= 4 is 27.3 Å². The third-order valence-electron chi connectivity index (χ3n) is 5.68. The summed E-state index contributed by atoms with van der Waals surface area (Å²) in [5, 5.41) is 14.4. The number of aliphatic hydroxyl groups is 1. The molecule has 1 saturated heterocycles. The van der Waals surface area contributed by atoms with Gasteiger partial charge in [-0.05, 0) is 19.4 Å². The van der Waals surface area contributed by atoms with Crippen molar-refractivity contribution in [3.8, 4) is 0 Å². The van der Waals surface area contributed by atoms with E-state index in [1.807, 2.05) is 6.07 Å². The van der Waals surface area contributed by atoms with Gasteiger partial charge < -0.3 is 10.0 Å². The van der Waals surface area contributed by atoms with Gasteiger partial charge in [-0.15, -0.1) is 0 Å². The van der Waals surface area contributed by atoms with Crippen LogP contribution in [0, 0.1) is 0 Å². The lowest BCUT2D eigenvalue weighted by atomic mass is 9.96.